The number of anilines is 1. The summed E-state index contributed by atoms with van der Waals surface area (Å²) in [6.07, 6.45) is 4.66. The minimum Gasteiger partial charge on any atom is -0.435 e. The summed E-state index contributed by atoms with van der Waals surface area (Å²) in [5.74, 6) is 1.70. The van der Waals surface area contributed by atoms with E-state index in [4.69, 9.17) is 0 Å². The predicted molar refractivity (Wildman–Crippen MR) is 128 cm³/mol. The van der Waals surface area contributed by atoms with Crippen molar-refractivity contribution in [2.24, 2.45) is 10.9 Å². The first kappa shape index (κ1) is 24.9. The van der Waals surface area contributed by atoms with E-state index in [1.165, 1.54) is 19.4 Å². The van der Waals surface area contributed by atoms with Gasteiger partial charge in [-0.2, -0.15) is 8.78 Å². The minimum absolute atomic E-state index is 0. The van der Waals surface area contributed by atoms with Gasteiger partial charge in [-0.25, -0.2) is 0 Å². The van der Waals surface area contributed by atoms with Crippen LogP contribution < -0.4 is 20.3 Å². The van der Waals surface area contributed by atoms with Gasteiger partial charge in [-0.05, 0) is 69.5 Å². The third-order valence-corrected chi connectivity index (χ3v) is 5.69. The van der Waals surface area contributed by atoms with Crippen molar-refractivity contribution < 1.29 is 13.5 Å². The minimum atomic E-state index is -2.79. The van der Waals surface area contributed by atoms with Crippen LogP contribution in [0.4, 0.5) is 14.5 Å². The van der Waals surface area contributed by atoms with Gasteiger partial charge in [0.1, 0.15) is 5.75 Å². The van der Waals surface area contributed by atoms with Crippen LogP contribution in [0.5, 0.6) is 5.75 Å². The van der Waals surface area contributed by atoms with Crippen LogP contribution in [0.15, 0.2) is 29.3 Å². The number of halogens is 3. The normalized spacial score (nSPS) is 23.1. The molecule has 2 saturated heterocycles. The number of likely N-dealkylation sites (tertiary alicyclic amines) is 1. The molecule has 2 aliphatic heterocycles. The Morgan fingerprint density at radius 3 is 2.57 bits per heavy atom. The van der Waals surface area contributed by atoms with Crippen LogP contribution in [-0.2, 0) is 0 Å². The molecule has 6 nitrogen and oxygen atoms in total. The van der Waals surface area contributed by atoms with Gasteiger partial charge in [-0.15, -0.1) is 24.0 Å². The highest BCUT2D eigenvalue weighted by molar-refractivity contribution is 14.0. The third-order valence-electron chi connectivity index (χ3n) is 5.69. The number of rotatable bonds is 6. The summed E-state index contributed by atoms with van der Waals surface area (Å²) in [4.78, 5) is 9.06. The fraction of sp³-hybridized carbons (Fsp3) is 0.667. The number of ether oxygens (including phenoxy) is 1. The molecule has 2 atom stereocenters. The van der Waals surface area contributed by atoms with Gasteiger partial charge < -0.3 is 25.2 Å². The molecule has 2 unspecified atom stereocenters. The van der Waals surface area contributed by atoms with Crippen LogP contribution in [-0.4, -0.2) is 70.3 Å². The summed E-state index contributed by atoms with van der Waals surface area (Å²) in [5.41, 5.74) is 1.02. The maximum absolute atomic E-state index is 12.3. The van der Waals surface area contributed by atoms with E-state index in [9.17, 15) is 8.78 Å². The van der Waals surface area contributed by atoms with Gasteiger partial charge in [-0.3, -0.25) is 4.99 Å². The van der Waals surface area contributed by atoms with E-state index in [0.717, 1.165) is 50.7 Å². The van der Waals surface area contributed by atoms with Crippen molar-refractivity contribution in [1.82, 2.24) is 15.5 Å². The Balaban J connectivity index is 0.00000320. The number of nitrogens with one attached hydrogen (secondary N) is 2. The standard InChI is InChI=1S/C21H33F2N5O.HI/c1-24-21(25-13-16-5-3-11-27(2)14-16)26-17-6-4-12-28(15-17)18-7-9-19(10-8-18)29-20(22)23;/h7-10,16-17,20H,3-6,11-15H2,1-2H3,(H2,24,25,26);1H. The maximum atomic E-state index is 12.3. The molecule has 0 radical (unpaired) electrons. The highest BCUT2D eigenvalue weighted by Crippen LogP contribution is 2.24. The lowest BCUT2D eigenvalue weighted by Crippen LogP contribution is -2.52. The van der Waals surface area contributed by atoms with Gasteiger partial charge in [-0.1, -0.05) is 0 Å². The smallest absolute Gasteiger partial charge is 0.387 e. The molecular formula is C21H34F2IN5O. The number of piperidine rings is 2. The number of hydrogen-bond donors (Lipinski definition) is 2. The molecule has 30 heavy (non-hydrogen) atoms. The van der Waals surface area contributed by atoms with Gasteiger partial charge >= 0.3 is 6.61 Å². The van der Waals surface area contributed by atoms with Crippen LogP contribution in [0.2, 0.25) is 0 Å². The quantitative estimate of drug-likeness (QED) is 0.331. The van der Waals surface area contributed by atoms with Crippen LogP contribution in [0.3, 0.4) is 0 Å². The first-order chi connectivity index (χ1) is 14.0. The van der Waals surface area contributed by atoms with E-state index in [0.29, 0.717) is 12.0 Å². The lowest BCUT2D eigenvalue weighted by Gasteiger charge is -2.36. The van der Waals surface area contributed by atoms with E-state index in [2.05, 4.69) is 37.2 Å². The van der Waals surface area contributed by atoms with Gasteiger partial charge in [0, 0.05) is 45.0 Å². The zero-order chi connectivity index (χ0) is 20.6. The summed E-state index contributed by atoms with van der Waals surface area (Å²) in [6, 6.07) is 7.17. The number of hydrogen-bond acceptors (Lipinski definition) is 4. The molecule has 0 aliphatic carbocycles. The second kappa shape index (κ2) is 12.5. The maximum Gasteiger partial charge on any atom is 0.387 e. The zero-order valence-corrected chi connectivity index (χ0v) is 20.1. The number of alkyl halides is 2. The second-order valence-electron chi connectivity index (χ2n) is 8.03. The summed E-state index contributed by atoms with van der Waals surface area (Å²) in [6.45, 7) is 2.27. The molecule has 0 spiro atoms. The molecule has 2 fully saturated rings. The van der Waals surface area contributed by atoms with E-state index in [1.54, 1.807) is 12.1 Å². The van der Waals surface area contributed by atoms with Gasteiger partial charge in [0.2, 0.25) is 0 Å². The Morgan fingerprint density at radius 1 is 1.17 bits per heavy atom. The Hall–Kier alpha value is -1.36. The SMILES string of the molecule is CN=C(NCC1CCCN(C)C1)NC1CCCN(c2ccc(OC(F)F)cc2)C1.I. The molecule has 0 saturated carbocycles. The molecule has 0 bridgehead atoms. The molecule has 170 valence electrons. The molecule has 1 aromatic rings. The Kier molecular flexibility index (Phi) is 10.4. The Labute approximate surface area is 195 Å². The molecule has 2 aliphatic rings. The van der Waals surface area contributed by atoms with Crippen molar-refractivity contribution in [2.75, 3.05) is 51.7 Å². The summed E-state index contributed by atoms with van der Waals surface area (Å²) >= 11 is 0. The largest absolute Gasteiger partial charge is 0.435 e. The zero-order valence-electron chi connectivity index (χ0n) is 17.8. The fourth-order valence-electron chi connectivity index (χ4n) is 4.24. The van der Waals surface area contributed by atoms with Crippen molar-refractivity contribution in [3.8, 4) is 5.75 Å². The second-order valence-corrected chi connectivity index (χ2v) is 8.03. The molecule has 1 aromatic carbocycles. The molecule has 9 heteroatoms. The van der Waals surface area contributed by atoms with Crippen molar-refractivity contribution in [3.05, 3.63) is 24.3 Å². The first-order valence-corrected chi connectivity index (χ1v) is 10.5. The summed E-state index contributed by atoms with van der Waals surface area (Å²) < 4.78 is 29.1. The van der Waals surface area contributed by atoms with Crippen molar-refractivity contribution >= 4 is 35.6 Å². The average Bonchev–Trinajstić information content (AvgIpc) is 2.71. The number of nitrogens with zero attached hydrogens (tertiary/aromatic N) is 3. The summed E-state index contributed by atoms with van der Waals surface area (Å²) in [5, 5.41) is 7.05. The van der Waals surface area contributed by atoms with Crippen LogP contribution in [0.25, 0.3) is 0 Å². The summed E-state index contributed by atoms with van der Waals surface area (Å²) in [7, 11) is 3.99. The van der Waals surface area contributed by atoms with Gasteiger partial charge in [0.15, 0.2) is 5.96 Å². The Morgan fingerprint density at radius 2 is 1.90 bits per heavy atom. The Bertz CT molecular complexity index is 661. The van der Waals surface area contributed by atoms with Crippen molar-refractivity contribution in [3.63, 3.8) is 0 Å². The lowest BCUT2D eigenvalue weighted by molar-refractivity contribution is -0.0498. The van der Waals surface area contributed by atoms with Gasteiger partial charge in [0.25, 0.3) is 0 Å². The number of benzene rings is 1. The average molecular weight is 537 g/mol. The molecule has 2 heterocycles. The van der Waals surface area contributed by atoms with Crippen LogP contribution in [0, 0.1) is 5.92 Å². The van der Waals surface area contributed by atoms with Crippen LogP contribution in [0.1, 0.15) is 25.7 Å². The van der Waals surface area contributed by atoms with Crippen molar-refractivity contribution in [2.45, 2.75) is 38.3 Å². The molecule has 0 amide bonds. The molecule has 3 rings (SSSR count). The highest BCUT2D eigenvalue weighted by Gasteiger charge is 2.22. The predicted octanol–water partition coefficient (Wildman–Crippen LogP) is 3.38. The molecule has 0 aromatic heterocycles. The van der Waals surface area contributed by atoms with Crippen LogP contribution >= 0.6 is 24.0 Å². The lowest BCUT2D eigenvalue weighted by atomic mass is 9.98. The number of aliphatic imine (C=N–C) groups is 1. The first-order valence-electron chi connectivity index (χ1n) is 10.5. The topological polar surface area (TPSA) is 52.1 Å². The third kappa shape index (κ3) is 7.72. The van der Waals surface area contributed by atoms with E-state index in [1.807, 2.05) is 19.2 Å². The fourth-order valence-corrected chi connectivity index (χ4v) is 4.24. The highest BCUT2D eigenvalue weighted by atomic mass is 127. The van der Waals surface area contributed by atoms with E-state index < -0.39 is 6.61 Å². The van der Waals surface area contributed by atoms with E-state index >= 15 is 0 Å². The monoisotopic (exact) mass is 537 g/mol. The molecular weight excluding hydrogens is 503 g/mol. The number of guanidine groups is 1. The molecule has 2 N–H and O–H groups in total. The van der Waals surface area contributed by atoms with E-state index in [-0.39, 0.29) is 29.7 Å². The van der Waals surface area contributed by atoms with Crippen molar-refractivity contribution in [1.29, 1.82) is 0 Å². The van der Waals surface area contributed by atoms with Gasteiger partial charge in [0.05, 0.1) is 0 Å².